The van der Waals surface area contributed by atoms with E-state index >= 15 is 0 Å². The van der Waals surface area contributed by atoms with Crippen LogP contribution in [-0.2, 0) is 0 Å². The molecule has 3 heteroatoms. The molecule has 2 aromatic heterocycles. The molecule has 0 N–H and O–H groups in total. The van der Waals surface area contributed by atoms with Gasteiger partial charge in [-0.2, -0.15) is 0 Å². The van der Waals surface area contributed by atoms with E-state index in [0.29, 0.717) is 0 Å². The first-order chi connectivity index (χ1) is 31.2. The van der Waals surface area contributed by atoms with Crippen LogP contribution in [-0.4, -0.2) is 16.7 Å². The number of benzene rings is 9. The van der Waals surface area contributed by atoms with Gasteiger partial charge < -0.3 is 13.9 Å². The second kappa shape index (κ2) is 14.4. The monoisotopic (exact) mass is 806 g/mol. The molecule has 9 aromatic carbocycles. The number of rotatable bonds is 6. The van der Waals surface area contributed by atoms with Gasteiger partial charge in [-0.15, -0.1) is 0 Å². The second-order valence-corrected chi connectivity index (χ2v) is 17.1. The molecular formula is C60H42N2O. The first-order valence-electron chi connectivity index (χ1n) is 22.1. The van der Waals surface area contributed by atoms with Crippen LogP contribution in [0.3, 0.4) is 0 Å². The lowest BCUT2D eigenvalue weighted by Crippen LogP contribution is -2.42. The molecule has 0 fully saturated rings. The van der Waals surface area contributed by atoms with E-state index in [1.54, 1.807) is 0 Å². The Morgan fingerprint density at radius 1 is 0.429 bits per heavy atom. The molecule has 298 valence electrons. The van der Waals surface area contributed by atoms with Crippen molar-refractivity contribution in [3.05, 3.63) is 224 Å². The lowest BCUT2D eigenvalue weighted by atomic mass is 9.89. The molecule has 0 saturated heterocycles. The van der Waals surface area contributed by atoms with Gasteiger partial charge in [0.25, 0.3) is 0 Å². The van der Waals surface area contributed by atoms with E-state index < -0.39 is 0 Å². The van der Waals surface area contributed by atoms with Crippen LogP contribution in [0, 0.1) is 0 Å². The lowest BCUT2D eigenvalue weighted by Gasteiger charge is -2.40. The third-order valence-corrected chi connectivity index (χ3v) is 13.6. The summed E-state index contributed by atoms with van der Waals surface area (Å²) in [7, 11) is 0. The predicted octanol–water partition coefficient (Wildman–Crippen LogP) is 15.9. The van der Waals surface area contributed by atoms with E-state index in [0.717, 1.165) is 34.8 Å². The molecular weight excluding hydrogens is 765 g/mol. The maximum Gasteiger partial charge on any atom is 0.136 e. The van der Waals surface area contributed by atoms with Crippen LogP contribution in [0.25, 0.3) is 98.5 Å². The van der Waals surface area contributed by atoms with Crippen molar-refractivity contribution in [3.63, 3.8) is 0 Å². The van der Waals surface area contributed by atoms with Crippen LogP contribution in [0.2, 0.25) is 0 Å². The summed E-state index contributed by atoms with van der Waals surface area (Å²) in [6.07, 6.45) is 16.3. The van der Waals surface area contributed by atoms with Gasteiger partial charge in [0, 0.05) is 38.5 Å². The molecule has 11 aromatic rings. The van der Waals surface area contributed by atoms with Gasteiger partial charge in [-0.3, -0.25) is 0 Å². The topological polar surface area (TPSA) is 21.3 Å². The SMILES string of the molecule is C1=CC(N(c2ccccc2-c2cccc3oc4cc5ccccc5cc4c23)C2C=CC(n3c4ccccc4c4ccccc43)=CC2)CC=C1c1cccc2c1ccc1ccccc12. The Morgan fingerprint density at radius 2 is 1.05 bits per heavy atom. The molecule has 2 aliphatic rings. The number of allylic oxidation sites excluding steroid dienone is 4. The van der Waals surface area contributed by atoms with Crippen molar-refractivity contribution >= 4 is 93.0 Å². The van der Waals surface area contributed by atoms with Crippen LogP contribution < -0.4 is 4.90 Å². The summed E-state index contributed by atoms with van der Waals surface area (Å²) >= 11 is 0. The number of aromatic nitrogens is 1. The van der Waals surface area contributed by atoms with Crippen molar-refractivity contribution in [2.24, 2.45) is 0 Å². The molecule has 0 radical (unpaired) electrons. The molecule has 2 atom stereocenters. The minimum absolute atomic E-state index is 0.112. The van der Waals surface area contributed by atoms with Gasteiger partial charge in [-0.25, -0.2) is 0 Å². The molecule has 0 bridgehead atoms. The summed E-state index contributed by atoms with van der Waals surface area (Å²) in [6.45, 7) is 0. The smallest absolute Gasteiger partial charge is 0.136 e. The van der Waals surface area contributed by atoms with Crippen LogP contribution in [0.4, 0.5) is 5.69 Å². The maximum atomic E-state index is 6.62. The van der Waals surface area contributed by atoms with Crippen molar-refractivity contribution in [2.75, 3.05) is 4.90 Å². The Labute approximate surface area is 365 Å². The number of para-hydroxylation sites is 3. The fourth-order valence-corrected chi connectivity index (χ4v) is 10.7. The lowest BCUT2D eigenvalue weighted by molar-refractivity contribution is 0.617. The van der Waals surface area contributed by atoms with Gasteiger partial charge in [0.2, 0.25) is 0 Å². The highest BCUT2D eigenvalue weighted by molar-refractivity contribution is 6.17. The second-order valence-electron chi connectivity index (χ2n) is 17.1. The van der Waals surface area contributed by atoms with Crippen LogP contribution in [0.1, 0.15) is 18.4 Å². The summed E-state index contributed by atoms with van der Waals surface area (Å²) < 4.78 is 9.06. The predicted molar refractivity (Wildman–Crippen MR) is 267 cm³/mol. The number of furan rings is 1. The fourth-order valence-electron chi connectivity index (χ4n) is 10.7. The van der Waals surface area contributed by atoms with E-state index in [-0.39, 0.29) is 12.1 Å². The fraction of sp³-hybridized carbons (Fsp3) is 0.0667. The van der Waals surface area contributed by atoms with Gasteiger partial charge in [0.15, 0.2) is 0 Å². The standard InChI is InChI=1S/C60H42N2O/c1-2-15-42-38-59-54(37-41(42)14-1)60-53(22-12-26-58(60)63-59)52-19-7-8-23-55(52)61(44-32-34-45(35-33-44)62-56-24-9-5-17-50(56)51-18-6-10-25-57(51)62)43-30-27-40(28-31-43)47-20-11-21-48-46-16-4-3-13-39(46)29-36-49(47)48/h1-30,32,34-38,43-44H,31,33H2. The maximum absolute atomic E-state index is 6.62. The van der Waals surface area contributed by atoms with Gasteiger partial charge in [-0.1, -0.05) is 176 Å². The summed E-state index contributed by atoms with van der Waals surface area (Å²) in [5, 5.41) is 12.4. The number of nitrogens with zero attached hydrogens (tertiary/aromatic N) is 2. The van der Waals surface area contributed by atoms with Gasteiger partial charge >= 0.3 is 0 Å². The Kier molecular flexibility index (Phi) is 8.17. The summed E-state index contributed by atoms with van der Waals surface area (Å²) in [5.74, 6) is 0. The average molecular weight is 807 g/mol. The van der Waals surface area contributed by atoms with E-state index in [1.165, 1.54) is 87.8 Å². The zero-order valence-electron chi connectivity index (χ0n) is 34.7. The van der Waals surface area contributed by atoms with E-state index in [4.69, 9.17) is 4.42 Å². The third kappa shape index (κ3) is 5.73. The highest BCUT2D eigenvalue weighted by atomic mass is 16.3. The molecule has 2 aliphatic carbocycles. The van der Waals surface area contributed by atoms with Gasteiger partial charge in [0.05, 0.1) is 23.1 Å². The molecule has 13 rings (SSSR count). The van der Waals surface area contributed by atoms with Crippen LogP contribution >= 0.6 is 0 Å². The quantitative estimate of drug-likeness (QED) is 0.156. The normalized spacial score (nSPS) is 16.5. The van der Waals surface area contributed by atoms with Crippen molar-refractivity contribution in [1.29, 1.82) is 0 Å². The average Bonchev–Trinajstić information content (AvgIpc) is 3.89. The number of anilines is 1. The highest BCUT2D eigenvalue weighted by Crippen LogP contribution is 2.44. The zero-order chi connectivity index (χ0) is 41.4. The van der Waals surface area contributed by atoms with Crippen LogP contribution in [0.15, 0.2) is 223 Å². The Hall–Kier alpha value is -7.88. The van der Waals surface area contributed by atoms with Crippen molar-refractivity contribution in [1.82, 2.24) is 4.57 Å². The highest BCUT2D eigenvalue weighted by Gasteiger charge is 2.29. The molecule has 0 aliphatic heterocycles. The minimum atomic E-state index is 0.112. The number of hydrogen-bond donors (Lipinski definition) is 0. The van der Waals surface area contributed by atoms with E-state index in [9.17, 15) is 0 Å². The zero-order valence-corrected chi connectivity index (χ0v) is 34.7. The summed E-state index contributed by atoms with van der Waals surface area (Å²) in [5.41, 5.74) is 11.7. The molecule has 2 unspecified atom stereocenters. The number of hydrogen-bond acceptors (Lipinski definition) is 2. The minimum Gasteiger partial charge on any atom is -0.456 e. The van der Waals surface area contributed by atoms with Gasteiger partial charge in [-0.05, 0) is 104 Å². The van der Waals surface area contributed by atoms with Crippen molar-refractivity contribution in [3.8, 4) is 11.1 Å². The van der Waals surface area contributed by atoms with Crippen molar-refractivity contribution < 1.29 is 4.42 Å². The molecule has 2 heterocycles. The molecule has 0 saturated carbocycles. The third-order valence-electron chi connectivity index (χ3n) is 13.6. The molecule has 0 amide bonds. The first kappa shape index (κ1) is 35.8. The number of fused-ring (bicyclic) bond motifs is 10. The van der Waals surface area contributed by atoms with Gasteiger partial charge in [0.1, 0.15) is 11.2 Å². The van der Waals surface area contributed by atoms with Crippen molar-refractivity contribution in [2.45, 2.75) is 24.9 Å². The molecule has 63 heavy (non-hydrogen) atoms. The molecule has 3 nitrogen and oxygen atoms in total. The van der Waals surface area contributed by atoms with E-state index in [2.05, 4.69) is 228 Å². The van der Waals surface area contributed by atoms with Crippen LogP contribution in [0.5, 0.6) is 0 Å². The summed E-state index contributed by atoms with van der Waals surface area (Å²) in [4.78, 5) is 2.68. The Morgan fingerprint density at radius 3 is 1.81 bits per heavy atom. The first-order valence-corrected chi connectivity index (χ1v) is 22.1. The summed E-state index contributed by atoms with van der Waals surface area (Å²) in [6, 6.07) is 66.4. The Balaban J connectivity index is 0.937. The molecule has 0 spiro atoms. The Bertz CT molecular complexity index is 3720. The largest absolute Gasteiger partial charge is 0.456 e. The van der Waals surface area contributed by atoms with E-state index in [1.807, 2.05) is 0 Å².